The van der Waals surface area contributed by atoms with Gasteiger partial charge in [-0.1, -0.05) is 0 Å². The van der Waals surface area contributed by atoms with Crippen LogP contribution in [0.25, 0.3) is 17.0 Å². The number of fused-ring (bicyclic) bond motifs is 1. The van der Waals surface area contributed by atoms with Gasteiger partial charge in [-0.3, -0.25) is 10.0 Å². The Morgan fingerprint density at radius 1 is 1.42 bits per heavy atom. The Kier molecular flexibility index (Phi) is 3.63. The lowest BCUT2D eigenvalue weighted by molar-refractivity contribution is -0.124. The minimum atomic E-state index is -0.731. The number of methoxy groups -OCH3 is 1. The Morgan fingerprint density at radius 2 is 2.21 bits per heavy atom. The first-order valence-corrected chi connectivity index (χ1v) is 5.38. The Hall–Kier alpha value is -2.60. The monoisotopic (exact) mass is 261 g/mol. The highest BCUT2D eigenvalue weighted by molar-refractivity contribution is 5.91. The number of rotatable bonds is 3. The number of hydrogen-bond acceptors (Lipinski definition) is 5. The fraction of sp³-hybridized carbons (Fsp3) is 0.0769. The molecule has 0 aliphatic rings. The summed E-state index contributed by atoms with van der Waals surface area (Å²) in [6.45, 7) is 0. The Balaban J connectivity index is 2.50. The van der Waals surface area contributed by atoms with Gasteiger partial charge in [0, 0.05) is 11.5 Å². The predicted octanol–water partition coefficient (Wildman–Crippen LogP) is 1.32. The summed E-state index contributed by atoms with van der Waals surface area (Å²) in [5, 5.41) is 9.02. The molecule has 0 spiro atoms. The van der Waals surface area contributed by atoms with Crippen LogP contribution in [0.1, 0.15) is 5.56 Å². The first-order chi connectivity index (χ1) is 9.13. The molecule has 2 aromatic rings. The highest BCUT2D eigenvalue weighted by Crippen LogP contribution is 2.20. The molecule has 98 valence electrons. The van der Waals surface area contributed by atoms with Gasteiger partial charge in [0.1, 0.15) is 11.3 Å². The smallest absolute Gasteiger partial charge is 0.343 e. The molecule has 0 bridgehead atoms. The van der Waals surface area contributed by atoms with E-state index in [-0.39, 0.29) is 5.56 Å². The van der Waals surface area contributed by atoms with Crippen molar-refractivity contribution in [2.24, 2.45) is 0 Å². The molecule has 6 nitrogen and oxygen atoms in total. The van der Waals surface area contributed by atoms with Crippen molar-refractivity contribution in [1.82, 2.24) is 5.48 Å². The number of ether oxygens (including phenoxy) is 1. The first-order valence-electron chi connectivity index (χ1n) is 5.38. The van der Waals surface area contributed by atoms with E-state index in [0.717, 1.165) is 6.08 Å². The van der Waals surface area contributed by atoms with Crippen molar-refractivity contribution in [3.63, 3.8) is 0 Å². The minimum Gasteiger partial charge on any atom is -0.497 e. The SMILES string of the molecule is COc1ccc2oc(=O)c(C=CC(=O)NO)cc2c1. The Labute approximate surface area is 107 Å². The third-order valence-electron chi connectivity index (χ3n) is 2.49. The molecule has 1 aromatic carbocycles. The van der Waals surface area contributed by atoms with Crippen molar-refractivity contribution >= 4 is 23.0 Å². The van der Waals surface area contributed by atoms with Crippen LogP contribution in [0.5, 0.6) is 5.75 Å². The third kappa shape index (κ3) is 2.80. The zero-order chi connectivity index (χ0) is 13.8. The average Bonchev–Trinajstić information content (AvgIpc) is 2.44. The molecule has 0 fully saturated rings. The second kappa shape index (κ2) is 5.36. The summed E-state index contributed by atoms with van der Waals surface area (Å²) in [6.07, 6.45) is 2.29. The summed E-state index contributed by atoms with van der Waals surface area (Å²) in [6, 6.07) is 6.59. The summed E-state index contributed by atoms with van der Waals surface area (Å²) < 4.78 is 10.2. The molecule has 1 heterocycles. The molecule has 1 aromatic heterocycles. The maximum Gasteiger partial charge on any atom is 0.343 e. The van der Waals surface area contributed by atoms with Crippen LogP contribution in [-0.2, 0) is 4.79 Å². The average molecular weight is 261 g/mol. The molecule has 0 saturated carbocycles. The summed E-state index contributed by atoms with van der Waals surface area (Å²) in [5.41, 5.74) is 1.49. The Bertz CT molecular complexity index is 702. The van der Waals surface area contributed by atoms with Gasteiger partial charge in [-0.25, -0.2) is 10.3 Å². The van der Waals surface area contributed by atoms with E-state index in [4.69, 9.17) is 14.4 Å². The highest BCUT2D eigenvalue weighted by atomic mass is 16.5. The summed E-state index contributed by atoms with van der Waals surface area (Å²) in [4.78, 5) is 22.5. The lowest BCUT2D eigenvalue weighted by Crippen LogP contribution is -2.15. The van der Waals surface area contributed by atoms with Crippen molar-refractivity contribution in [2.75, 3.05) is 7.11 Å². The van der Waals surface area contributed by atoms with Crippen molar-refractivity contribution in [1.29, 1.82) is 0 Å². The van der Waals surface area contributed by atoms with E-state index >= 15 is 0 Å². The molecule has 0 aliphatic heterocycles. The van der Waals surface area contributed by atoms with Crippen molar-refractivity contribution in [3.8, 4) is 5.75 Å². The standard InChI is InChI=1S/C13H11NO5/c1-18-10-3-4-11-9(7-10)6-8(13(16)19-11)2-5-12(15)14-17/h2-7,17H,1H3,(H,14,15). The lowest BCUT2D eigenvalue weighted by atomic mass is 10.1. The van der Waals surface area contributed by atoms with Crippen LogP contribution < -0.4 is 15.8 Å². The van der Waals surface area contributed by atoms with Crippen molar-refractivity contribution < 1.29 is 19.2 Å². The summed E-state index contributed by atoms with van der Waals surface area (Å²) >= 11 is 0. The maximum absolute atomic E-state index is 11.6. The normalized spacial score (nSPS) is 10.8. The molecular weight excluding hydrogens is 250 g/mol. The number of nitrogens with one attached hydrogen (secondary N) is 1. The summed E-state index contributed by atoms with van der Waals surface area (Å²) in [5.74, 6) is -0.102. The van der Waals surface area contributed by atoms with Gasteiger partial charge in [0.2, 0.25) is 0 Å². The first kappa shape index (κ1) is 12.8. The Morgan fingerprint density at radius 3 is 2.89 bits per heavy atom. The maximum atomic E-state index is 11.6. The molecule has 19 heavy (non-hydrogen) atoms. The van der Waals surface area contributed by atoms with E-state index in [9.17, 15) is 9.59 Å². The fourth-order valence-electron chi connectivity index (χ4n) is 1.56. The number of carbonyl (C=O) groups is 1. The zero-order valence-corrected chi connectivity index (χ0v) is 10.0. The third-order valence-corrected chi connectivity index (χ3v) is 2.49. The van der Waals surface area contributed by atoms with E-state index < -0.39 is 11.5 Å². The highest BCUT2D eigenvalue weighted by Gasteiger charge is 2.04. The van der Waals surface area contributed by atoms with E-state index in [0.29, 0.717) is 16.7 Å². The van der Waals surface area contributed by atoms with E-state index in [1.165, 1.54) is 18.7 Å². The van der Waals surface area contributed by atoms with Crippen LogP contribution in [-0.4, -0.2) is 18.2 Å². The molecule has 0 unspecified atom stereocenters. The quantitative estimate of drug-likeness (QED) is 0.376. The van der Waals surface area contributed by atoms with Crippen LogP contribution >= 0.6 is 0 Å². The van der Waals surface area contributed by atoms with Crippen LogP contribution in [0, 0.1) is 0 Å². The van der Waals surface area contributed by atoms with Crippen LogP contribution in [0.2, 0.25) is 0 Å². The lowest BCUT2D eigenvalue weighted by Gasteiger charge is -2.02. The molecular formula is C13H11NO5. The number of carbonyl (C=O) groups excluding carboxylic acids is 1. The van der Waals surface area contributed by atoms with Gasteiger partial charge in [-0.05, 0) is 30.3 Å². The van der Waals surface area contributed by atoms with Gasteiger partial charge >= 0.3 is 5.63 Å². The fourth-order valence-corrected chi connectivity index (χ4v) is 1.56. The molecule has 0 atom stereocenters. The van der Waals surface area contributed by atoms with Gasteiger partial charge < -0.3 is 9.15 Å². The largest absolute Gasteiger partial charge is 0.497 e. The summed E-state index contributed by atoms with van der Waals surface area (Å²) in [7, 11) is 1.53. The van der Waals surface area contributed by atoms with Gasteiger partial charge in [-0.2, -0.15) is 0 Å². The molecule has 0 radical (unpaired) electrons. The van der Waals surface area contributed by atoms with Gasteiger partial charge in [0.15, 0.2) is 0 Å². The number of hydroxylamine groups is 1. The van der Waals surface area contributed by atoms with E-state index in [1.807, 2.05) is 0 Å². The second-order valence-electron chi connectivity index (χ2n) is 3.70. The predicted molar refractivity (Wildman–Crippen MR) is 68.0 cm³/mol. The van der Waals surface area contributed by atoms with Crippen LogP contribution in [0.3, 0.4) is 0 Å². The van der Waals surface area contributed by atoms with Gasteiger partial charge in [0.25, 0.3) is 5.91 Å². The minimum absolute atomic E-state index is 0.198. The molecule has 2 rings (SSSR count). The molecule has 0 saturated heterocycles. The second-order valence-corrected chi connectivity index (χ2v) is 3.70. The van der Waals surface area contributed by atoms with Crippen molar-refractivity contribution in [2.45, 2.75) is 0 Å². The molecule has 2 N–H and O–H groups in total. The van der Waals surface area contributed by atoms with E-state index in [2.05, 4.69) is 0 Å². The van der Waals surface area contributed by atoms with Crippen LogP contribution in [0.15, 0.2) is 39.6 Å². The molecule has 6 heteroatoms. The zero-order valence-electron chi connectivity index (χ0n) is 10.0. The number of benzene rings is 1. The topological polar surface area (TPSA) is 88.8 Å². The number of hydrogen-bond donors (Lipinski definition) is 2. The number of amides is 1. The molecule has 1 amide bonds. The van der Waals surface area contributed by atoms with Gasteiger partial charge in [-0.15, -0.1) is 0 Å². The molecule has 0 aliphatic carbocycles. The van der Waals surface area contributed by atoms with Crippen LogP contribution in [0.4, 0.5) is 0 Å². The van der Waals surface area contributed by atoms with Crippen molar-refractivity contribution in [3.05, 3.63) is 46.3 Å². The van der Waals surface area contributed by atoms with E-state index in [1.54, 1.807) is 24.3 Å². The van der Waals surface area contributed by atoms with Gasteiger partial charge in [0.05, 0.1) is 12.7 Å².